The van der Waals surface area contributed by atoms with Crippen LogP contribution in [0, 0.1) is 0 Å². The number of ketones is 2. The van der Waals surface area contributed by atoms with Crippen LogP contribution in [0.25, 0.3) is 0 Å². The zero-order valence-electron chi connectivity index (χ0n) is 5.13. The van der Waals surface area contributed by atoms with Gasteiger partial charge in [-0.15, -0.1) is 0 Å². The molecule has 9 heavy (non-hydrogen) atoms. The van der Waals surface area contributed by atoms with E-state index in [1.807, 2.05) is 0 Å². The number of hydrogen-bond donors (Lipinski definition) is 0. The number of carbonyl (C=O) groups excluding carboxylic acids is 2. The Morgan fingerprint density at radius 2 is 1.22 bits per heavy atom. The van der Waals surface area contributed by atoms with Gasteiger partial charge in [0.2, 0.25) is 0 Å². The predicted octanol–water partition coefficient (Wildman–Crippen LogP) is 0.549. The molecule has 0 fully saturated rings. The summed E-state index contributed by atoms with van der Waals surface area (Å²) in [7, 11) is 0. The number of hydrogen-bond acceptors (Lipinski definition) is 2. The molecule has 0 spiro atoms. The predicted molar refractivity (Wildman–Crippen MR) is 26.0 cm³/mol. The van der Waals surface area contributed by atoms with Crippen LogP contribution < -0.4 is 0 Å². The van der Waals surface area contributed by atoms with E-state index < -0.39 is 0 Å². The zero-order valence-corrected chi connectivity index (χ0v) is 8.09. The average molecular weight is 316 g/mol. The van der Waals surface area contributed by atoms with E-state index in [1.165, 1.54) is 13.8 Å². The smallest absolute Gasteiger partial charge is 0.137 e. The molecule has 62 valence electrons. The SMILES string of the molecule is CC(=O)CC(C)=O.[Ag].[Ag]. The van der Waals surface area contributed by atoms with Crippen LogP contribution in [-0.2, 0) is 54.3 Å². The van der Waals surface area contributed by atoms with Gasteiger partial charge in [0.25, 0.3) is 0 Å². The van der Waals surface area contributed by atoms with Gasteiger partial charge in [-0.1, -0.05) is 0 Å². The Hall–Kier alpha value is 0.821. The molecule has 2 radical (unpaired) electrons. The summed E-state index contributed by atoms with van der Waals surface area (Å²) in [5.74, 6) is -0.125. The summed E-state index contributed by atoms with van der Waals surface area (Å²) < 4.78 is 0. The summed E-state index contributed by atoms with van der Waals surface area (Å²) in [5.41, 5.74) is 0. The molecule has 0 aliphatic rings. The van der Waals surface area contributed by atoms with E-state index in [0.29, 0.717) is 0 Å². The Kier molecular flexibility index (Phi) is 16.1. The molecular weight excluding hydrogens is 308 g/mol. The van der Waals surface area contributed by atoms with Gasteiger partial charge in [0.05, 0.1) is 6.42 Å². The third kappa shape index (κ3) is 17.7. The molecule has 4 heteroatoms. The van der Waals surface area contributed by atoms with E-state index in [1.54, 1.807) is 0 Å². The van der Waals surface area contributed by atoms with Crippen LogP contribution in [0.15, 0.2) is 0 Å². The number of carbonyl (C=O) groups is 2. The molecule has 0 aliphatic heterocycles. The van der Waals surface area contributed by atoms with E-state index >= 15 is 0 Å². The van der Waals surface area contributed by atoms with Gasteiger partial charge in [0, 0.05) is 44.8 Å². The molecule has 0 rings (SSSR count). The topological polar surface area (TPSA) is 34.1 Å². The van der Waals surface area contributed by atoms with Crippen molar-refractivity contribution in [3.8, 4) is 0 Å². The second-order valence-corrected chi connectivity index (χ2v) is 1.58. The summed E-state index contributed by atoms with van der Waals surface area (Å²) in [5, 5.41) is 0. The van der Waals surface area contributed by atoms with Crippen molar-refractivity contribution in [2.75, 3.05) is 0 Å². The van der Waals surface area contributed by atoms with Crippen molar-refractivity contribution in [2.24, 2.45) is 0 Å². The van der Waals surface area contributed by atoms with Crippen LogP contribution in [0.4, 0.5) is 0 Å². The Labute approximate surface area is 85.8 Å². The Morgan fingerprint density at radius 1 is 1.00 bits per heavy atom. The standard InChI is InChI=1S/C5H8O2.2Ag/c1-4(6)3-5(2)7;;/h3H2,1-2H3;;. The van der Waals surface area contributed by atoms with Gasteiger partial charge < -0.3 is 0 Å². The fourth-order valence-corrected chi connectivity index (χ4v) is 0.351. The monoisotopic (exact) mass is 314 g/mol. The van der Waals surface area contributed by atoms with Crippen molar-refractivity contribution < 1.29 is 54.3 Å². The fraction of sp³-hybridized carbons (Fsp3) is 0.600. The largest absolute Gasteiger partial charge is 0.300 e. The first-order valence-electron chi connectivity index (χ1n) is 2.12. The van der Waals surface area contributed by atoms with Crippen LogP contribution in [0.2, 0.25) is 0 Å². The van der Waals surface area contributed by atoms with E-state index in [4.69, 9.17) is 0 Å². The molecule has 0 atom stereocenters. The van der Waals surface area contributed by atoms with E-state index in [0.717, 1.165) is 0 Å². The van der Waals surface area contributed by atoms with Gasteiger partial charge >= 0.3 is 0 Å². The summed E-state index contributed by atoms with van der Waals surface area (Å²) in [6, 6.07) is 0. The normalized spacial score (nSPS) is 6.44. The summed E-state index contributed by atoms with van der Waals surface area (Å²) in [6.45, 7) is 2.81. The minimum Gasteiger partial charge on any atom is -0.300 e. The van der Waals surface area contributed by atoms with Crippen LogP contribution >= 0.6 is 0 Å². The molecule has 2 nitrogen and oxygen atoms in total. The zero-order chi connectivity index (χ0) is 5.86. The van der Waals surface area contributed by atoms with Gasteiger partial charge in [-0.2, -0.15) is 0 Å². The van der Waals surface area contributed by atoms with Gasteiger partial charge in [0.15, 0.2) is 0 Å². The number of rotatable bonds is 2. The van der Waals surface area contributed by atoms with Gasteiger partial charge in [-0.05, 0) is 13.8 Å². The van der Waals surface area contributed by atoms with Crippen LogP contribution in [0.1, 0.15) is 20.3 Å². The summed E-state index contributed by atoms with van der Waals surface area (Å²) >= 11 is 0. The molecule has 0 heterocycles. The van der Waals surface area contributed by atoms with Crippen molar-refractivity contribution in [3.05, 3.63) is 0 Å². The molecule has 0 bridgehead atoms. The van der Waals surface area contributed by atoms with E-state index in [-0.39, 0.29) is 62.7 Å². The first kappa shape index (κ1) is 16.4. The van der Waals surface area contributed by atoms with Crippen molar-refractivity contribution in [1.82, 2.24) is 0 Å². The third-order valence-corrected chi connectivity index (χ3v) is 0.498. The molecule has 0 aliphatic carbocycles. The first-order chi connectivity index (χ1) is 3.13. The number of Topliss-reactive ketones (excluding diaryl/α,β-unsaturated/α-hetero) is 2. The van der Waals surface area contributed by atoms with Crippen LogP contribution in [0.3, 0.4) is 0 Å². The Bertz CT molecular complexity index is 89.1. The van der Waals surface area contributed by atoms with Crippen molar-refractivity contribution in [3.63, 3.8) is 0 Å². The fourth-order valence-electron chi connectivity index (χ4n) is 0.351. The minimum absolute atomic E-state index is 0. The maximum absolute atomic E-state index is 10.0. The molecule has 0 saturated heterocycles. The van der Waals surface area contributed by atoms with Gasteiger partial charge in [0.1, 0.15) is 11.6 Å². The molecule has 0 N–H and O–H groups in total. The van der Waals surface area contributed by atoms with Crippen LogP contribution in [0.5, 0.6) is 0 Å². The summed E-state index contributed by atoms with van der Waals surface area (Å²) in [6.07, 6.45) is 0.0833. The molecule has 0 aromatic heterocycles. The van der Waals surface area contributed by atoms with E-state index in [9.17, 15) is 9.59 Å². The second kappa shape index (κ2) is 8.82. The molecule has 0 amide bonds. The molecular formula is C5H8Ag2O2. The summed E-state index contributed by atoms with van der Waals surface area (Å²) in [4.78, 5) is 20.1. The van der Waals surface area contributed by atoms with E-state index in [2.05, 4.69) is 0 Å². The first-order valence-corrected chi connectivity index (χ1v) is 2.12. The average Bonchev–Trinajstić information content (AvgIpc) is 1.27. The molecule has 0 saturated carbocycles. The van der Waals surface area contributed by atoms with Crippen molar-refractivity contribution in [1.29, 1.82) is 0 Å². The van der Waals surface area contributed by atoms with Gasteiger partial charge in [-0.3, -0.25) is 9.59 Å². The maximum Gasteiger partial charge on any atom is 0.137 e. The second-order valence-electron chi connectivity index (χ2n) is 1.58. The molecule has 0 aromatic rings. The quantitative estimate of drug-likeness (QED) is 0.551. The minimum atomic E-state index is -0.0625. The maximum atomic E-state index is 10.0. The van der Waals surface area contributed by atoms with Crippen LogP contribution in [-0.4, -0.2) is 11.6 Å². The third-order valence-electron chi connectivity index (χ3n) is 0.498. The van der Waals surface area contributed by atoms with Crippen molar-refractivity contribution in [2.45, 2.75) is 20.3 Å². The van der Waals surface area contributed by atoms with Gasteiger partial charge in [-0.25, -0.2) is 0 Å². The Morgan fingerprint density at radius 3 is 1.22 bits per heavy atom. The molecule has 0 aromatic carbocycles. The molecule has 0 unspecified atom stereocenters. The Balaban J connectivity index is -0.000000180. The van der Waals surface area contributed by atoms with Crippen molar-refractivity contribution >= 4 is 11.6 Å².